The van der Waals surface area contributed by atoms with E-state index in [9.17, 15) is 9.18 Å². The molecule has 23 heavy (non-hydrogen) atoms. The summed E-state index contributed by atoms with van der Waals surface area (Å²) in [5.41, 5.74) is 2.55. The van der Waals surface area contributed by atoms with Crippen molar-refractivity contribution in [2.24, 2.45) is 13.0 Å². The topological polar surface area (TPSA) is 46.9 Å². The molecule has 0 unspecified atom stereocenters. The van der Waals surface area contributed by atoms with Gasteiger partial charge in [0.25, 0.3) is 5.91 Å². The minimum absolute atomic E-state index is 0.107. The van der Waals surface area contributed by atoms with Crippen LogP contribution in [-0.4, -0.2) is 21.7 Å². The second-order valence-corrected chi connectivity index (χ2v) is 6.40. The molecule has 1 aromatic heterocycles. The first kappa shape index (κ1) is 15.7. The van der Waals surface area contributed by atoms with E-state index in [0.29, 0.717) is 11.6 Å². The SMILES string of the molecule is Cc1cc(C(=O)N[C@H]2CCC[C@H]2Cc2ccc(F)cc2)nn1C. The summed E-state index contributed by atoms with van der Waals surface area (Å²) < 4.78 is 14.7. The van der Waals surface area contributed by atoms with Crippen LogP contribution in [0.1, 0.15) is 41.0 Å². The van der Waals surface area contributed by atoms with Crippen LogP contribution in [0.15, 0.2) is 30.3 Å². The molecule has 1 amide bonds. The molecule has 1 N–H and O–H groups in total. The Hall–Kier alpha value is -2.17. The smallest absolute Gasteiger partial charge is 0.272 e. The number of aryl methyl sites for hydroxylation is 2. The molecule has 1 aromatic carbocycles. The van der Waals surface area contributed by atoms with Gasteiger partial charge in [0.1, 0.15) is 11.5 Å². The Balaban J connectivity index is 1.64. The molecule has 0 aliphatic heterocycles. The van der Waals surface area contributed by atoms with Crippen molar-refractivity contribution in [2.45, 2.75) is 38.6 Å². The van der Waals surface area contributed by atoms with Gasteiger partial charge in [0.2, 0.25) is 0 Å². The van der Waals surface area contributed by atoms with Crippen molar-refractivity contribution in [2.75, 3.05) is 0 Å². The lowest BCUT2D eigenvalue weighted by Crippen LogP contribution is -2.38. The van der Waals surface area contributed by atoms with E-state index in [1.807, 2.05) is 26.1 Å². The van der Waals surface area contributed by atoms with Gasteiger partial charge in [-0.15, -0.1) is 0 Å². The van der Waals surface area contributed by atoms with Crippen molar-refractivity contribution >= 4 is 5.91 Å². The fourth-order valence-electron chi connectivity index (χ4n) is 3.31. The second kappa shape index (κ2) is 6.52. The van der Waals surface area contributed by atoms with E-state index in [1.54, 1.807) is 10.7 Å². The monoisotopic (exact) mass is 315 g/mol. The van der Waals surface area contributed by atoms with Crippen LogP contribution >= 0.6 is 0 Å². The summed E-state index contributed by atoms with van der Waals surface area (Å²) in [5, 5.41) is 7.36. The van der Waals surface area contributed by atoms with E-state index in [2.05, 4.69) is 10.4 Å². The Kier molecular flexibility index (Phi) is 4.46. The first-order valence-corrected chi connectivity index (χ1v) is 8.09. The zero-order valence-corrected chi connectivity index (χ0v) is 13.6. The maximum absolute atomic E-state index is 13.0. The van der Waals surface area contributed by atoms with Gasteiger partial charge in [-0.05, 0) is 55.9 Å². The quantitative estimate of drug-likeness (QED) is 0.943. The second-order valence-electron chi connectivity index (χ2n) is 6.40. The predicted octanol–water partition coefficient (Wildman–Crippen LogP) is 3.01. The minimum Gasteiger partial charge on any atom is -0.348 e. The summed E-state index contributed by atoms with van der Waals surface area (Å²) in [5.74, 6) is 0.0782. The Labute approximate surface area is 135 Å². The normalized spacial score (nSPS) is 20.7. The third kappa shape index (κ3) is 3.60. The van der Waals surface area contributed by atoms with Crippen molar-refractivity contribution in [3.05, 3.63) is 53.1 Å². The Morgan fingerprint density at radius 1 is 1.35 bits per heavy atom. The number of carbonyl (C=O) groups is 1. The van der Waals surface area contributed by atoms with Crippen LogP contribution in [0.5, 0.6) is 0 Å². The van der Waals surface area contributed by atoms with Crippen LogP contribution in [0.3, 0.4) is 0 Å². The number of halogens is 1. The number of rotatable bonds is 4. The first-order chi connectivity index (χ1) is 11.0. The van der Waals surface area contributed by atoms with E-state index >= 15 is 0 Å². The van der Waals surface area contributed by atoms with E-state index in [4.69, 9.17) is 0 Å². The molecular formula is C18H22FN3O. The number of carbonyl (C=O) groups excluding carboxylic acids is 1. The number of nitrogens with zero attached hydrogens (tertiary/aromatic N) is 2. The summed E-state index contributed by atoms with van der Waals surface area (Å²) in [6.07, 6.45) is 4.05. The third-order valence-electron chi connectivity index (χ3n) is 4.73. The van der Waals surface area contributed by atoms with Gasteiger partial charge in [-0.3, -0.25) is 9.48 Å². The number of benzene rings is 1. The van der Waals surface area contributed by atoms with Crippen molar-refractivity contribution in [3.63, 3.8) is 0 Å². The Bertz CT molecular complexity index is 673. The van der Waals surface area contributed by atoms with Gasteiger partial charge in [-0.2, -0.15) is 5.10 Å². The summed E-state index contributed by atoms with van der Waals surface area (Å²) in [6.45, 7) is 1.93. The Morgan fingerprint density at radius 2 is 2.09 bits per heavy atom. The lowest BCUT2D eigenvalue weighted by molar-refractivity contribution is 0.0922. The fourth-order valence-corrected chi connectivity index (χ4v) is 3.31. The zero-order valence-electron chi connectivity index (χ0n) is 13.6. The van der Waals surface area contributed by atoms with Crippen LogP contribution in [-0.2, 0) is 13.5 Å². The molecule has 1 heterocycles. The molecule has 0 saturated heterocycles. The summed E-state index contributed by atoms with van der Waals surface area (Å²) in [6, 6.07) is 8.61. The van der Waals surface area contributed by atoms with Crippen LogP contribution in [0, 0.1) is 18.7 Å². The summed E-state index contributed by atoms with van der Waals surface area (Å²) in [7, 11) is 1.83. The average Bonchev–Trinajstić information content (AvgIpc) is 3.09. The lowest BCUT2D eigenvalue weighted by atomic mass is 9.94. The zero-order chi connectivity index (χ0) is 16.4. The number of hydrogen-bond acceptors (Lipinski definition) is 2. The van der Waals surface area contributed by atoms with Crippen molar-refractivity contribution in [1.29, 1.82) is 0 Å². The highest BCUT2D eigenvalue weighted by atomic mass is 19.1. The molecule has 1 fully saturated rings. The van der Waals surface area contributed by atoms with Crippen molar-refractivity contribution in [1.82, 2.24) is 15.1 Å². The fraction of sp³-hybridized carbons (Fsp3) is 0.444. The third-order valence-corrected chi connectivity index (χ3v) is 4.73. The van der Waals surface area contributed by atoms with Crippen LogP contribution in [0.25, 0.3) is 0 Å². The molecule has 1 saturated carbocycles. The molecule has 5 heteroatoms. The van der Waals surface area contributed by atoms with Gasteiger partial charge in [0, 0.05) is 18.8 Å². The predicted molar refractivity (Wildman–Crippen MR) is 86.6 cm³/mol. The van der Waals surface area contributed by atoms with Gasteiger partial charge in [-0.25, -0.2) is 4.39 Å². The largest absolute Gasteiger partial charge is 0.348 e. The molecule has 0 radical (unpaired) electrons. The first-order valence-electron chi connectivity index (χ1n) is 8.09. The van der Waals surface area contributed by atoms with E-state index < -0.39 is 0 Å². The van der Waals surface area contributed by atoms with Gasteiger partial charge in [-0.1, -0.05) is 18.6 Å². The highest BCUT2D eigenvalue weighted by Gasteiger charge is 2.29. The molecular weight excluding hydrogens is 293 g/mol. The molecule has 1 aliphatic carbocycles. The lowest BCUT2D eigenvalue weighted by Gasteiger charge is -2.20. The molecule has 122 valence electrons. The summed E-state index contributed by atoms with van der Waals surface area (Å²) in [4.78, 5) is 12.4. The maximum Gasteiger partial charge on any atom is 0.272 e. The molecule has 1 aliphatic rings. The van der Waals surface area contributed by atoms with E-state index in [1.165, 1.54) is 12.1 Å². The van der Waals surface area contributed by atoms with Crippen LogP contribution in [0.2, 0.25) is 0 Å². The minimum atomic E-state index is -0.212. The number of hydrogen-bond donors (Lipinski definition) is 1. The van der Waals surface area contributed by atoms with E-state index in [0.717, 1.165) is 36.9 Å². The van der Waals surface area contributed by atoms with Crippen LogP contribution < -0.4 is 5.32 Å². The molecule has 3 rings (SSSR count). The van der Waals surface area contributed by atoms with Crippen LogP contribution in [0.4, 0.5) is 4.39 Å². The van der Waals surface area contributed by atoms with Gasteiger partial charge < -0.3 is 5.32 Å². The molecule has 0 spiro atoms. The molecule has 2 aromatic rings. The van der Waals surface area contributed by atoms with Gasteiger partial charge in [0.15, 0.2) is 0 Å². The number of aromatic nitrogens is 2. The van der Waals surface area contributed by atoms with Crippen molar-refractivity contribution < 1.29 is 9.18 Å². The summed E-state index contributed by atoms with van der Waals surface area (Å²) >= 11 is 0. The highest BCUT2D eigenvalue weighted by Crippen LogP contribution is 2.29. The van der Waals surface area contributed by atoms with Gasteiger partial charge in [0.05, 0.1) is 0 Å². The Morgan fingerprint density at radius 3 is 2.74 bits per heavy atom. The average molecular weight is 315 g/mol. The maximum atomic E-state index is 13.0. The molecule has 0 bridgehead atoms. The standard InChI is InChI=1S/C18H22FN3O/c1-12-10-17(21-22(12)2)18(23)20-16-5-3-4-14(16)11-13-6-8-15(19)9-7-13/h6-10,14,16H,3-5,11H2,1-2H3,(H,20,23)/t14-,16-/m0/s1. The van der Waals surface area contributed by atoms with Gasteiger partial charge >= 0.3 is 0 Å². The number of amides is 1. The van der Waals surface area contributed by atoms with E-state index in [-0.39, 0.29) is 17.8 Å². The molecule has 2 atom stereocenters. The number of nitrogens with one attached hydrogen (secondary N) is 1. The molecule has 4 nitrogen and oxygen atoms in total. The highest BCUT2D eigenvalue weighted by molar-refractivity contribution is 5.92. The van der Waals surface area contributed by atoms with Crippen molar-refractivity contribution in [3.8, 4) is 0 Å².